The van der Waals surface area contributed by atoms with Crippen molar-refractivity contribution in [2.75, 3.05) is 0 Å². The first kappa shape index (κ1) is 15.5. The van der Waals surface area contributed by atoms with Gasteiger partial charge in [-0.15, -0.1) is 0 Å². The number of hydrogen-bond donors (Lipinski definition) is 0. The zero-order chi connectivity index (χ0) is 15.7. The van der Waals surface area contributed by atoms with E-state index in [1.165, 1.54) is 11.8 Å². The molecule has 1 aliphatic rings. The first-order valence-electron chi connectivity index (χ1n) is 6.92. The molecule has 2 atom stereocenters. The standard InChI is InChI=1S/C17H14ClNOS2/c1-11-16(20)19(17(21)22-11)15(12-5-3-2-4-6-12)13-7-9-14(18)10-8-13/h2-11,15H,1H3. The smallest absolute Gasteiger partial charge is 0.242 e. The van der Waals surface area contributed by atoms with Crippen molar-refractivity contribution in [1.82, 2.24) is 4.90 Å². The molecule has 5 heteroatoms. The predicted molar refractivity (Wildman–Crippen MR) is 96.2 cm³/mol. The Morgan fingerprint density at radius 1 is 1.09 bits per heavy atom. The van der Waals surface area contributed by atoms with E-state index in [1.54, 1.807) is 4.90 Å². The minimum Gasteiger partial charge on any atom is -0.285 e. The lowest BCUT2D eigenvalue weighted by molar-refractivity contribution is -0.126. The third-order valence-electron chi connectivity index (χ3n) is 3.62. The highest BCUT2D eigenvalue weighted by atomic mass is 35.5. The van der Waals surface area contributed by atoms with Crippen molar-refractivity contribution in [3.8, 4) is 0 Å². The van der Waals surface area contributed by atoms with Gasteiger partial charge in [-0.05, 0) is 30.2 Å². The second-order valence-electron chi connectivity index (χ2n) is 5.10. The van der Waals surface area contributed by atoms with Gasteiger partial charge in [-0.3, -0.25) is 9.69 Å². The van der Waals surface area contributed by atoms with Crippen LogP contribution in [0.25, 0.3) is 0 Å². The van der Waals surface area contributed by atoms with Crippen LogP contribution in [0.5, 0.6) is 0 Å². The van der Waals surface area contributed by atoms with E-state index in [-0.39, 0.29) is 17.2 Å². The maximum Gasteiger partial charge on any atom is 0.242 e. The molecule has 0 saturated carbocycles. The zero-order valence-corrected chi connectivity index (χ0v) is 14.3. The average Bonchev–Trinajstić information content (AvgIpc) is 2.77. The van der Waals surface area contributed by atoms with Gasteiger partial charge in [0.2, 0.25) is 5.91 Å². The molecule has 3 rings (SSSR count). The molecule has 22 heavy (non-hydrogen) atoms. The summed E-state index contributed by atoms with van der Waals surface area (Å²) in [5.74, 6) is 0.0544. The third-order valence-corrected chi connectivity index (χ3v) is 5.31. The lowest BCUT2D eigenvalue weighted by atomic mass is 9.97. The second-order valence-corrected chi connectivity index (χ2v) is 7.51. The Labute approximate surface area is 144 Å². The van der Waals surface area contributed by atoms with E-state index in [1.807, 2.05) is 61.5 Å². The molecule has 0 bridgehead atoms. The van der Waals surface area contributed by atoms with Crippen molar-refractivity contribution in [2.24, 2.45) is 0 Å². The van der Waals surface area contributed by atoms with E-state index in [4.69, 9.17) is 23.8 Å². The Morgan fingerprint density at radius 3 is 2.23 bits per heavy atom. The Hall–Kier alpha value is -1.36. The summed E-state index contributed by atoms with van der Waals surface area (Å²) in [6, 6.07) is 17.3. The van der Waals surface area contributed by atoms with Gasteiger partial charge in [0.25, 0.3) is 0 Å². The lowest BCUT2D eigenvalue weighted by Crippen LogP contribution is -2.35. The number of benzene rings is 2. The molecular weight excluding hydrogens is 334 g/mol. The van der Waals surface area contributed by atoms with Gasteiger partial charge in [0, 0.05) is 5.02 Å². The number of thioether (sulfide) groups is 1. The van der Waals surface area contributed by atoms with Crippen LogP contribution in [0.15, 0.2) is 54.6 Å². The molecule has 2 aromatic carbocycles. The highest BCUT2D eigenvalue weighted by Gasteiger charge is 2.39. The van der Waals surface area contributed by atoms with Gasteiger partial charge in [-0.2, -0.15) is 0 Å². The van der Waals surface area contributed by atoms with Gasteiger partial charge in [0.15, 0.2) is 0 Å². The molecule has 1 saturated heterocycles. The van der Waals surface area contributed by atoms with Crippen LogP contribution in [-0.2, 0) is 4.79 Å². The van der Waals surface area contributed by atoms with Crippen molar-refractivity contribution in [2.45, 2.75) is 18.2 Å². The first-order chi connectivity index (χ1) is 10.6. The van der Waals surface area contributed by atoms with Crippen LogP contribution in [0.1, 0.15) is 24.1 Å². The first-order valence-corrected chi connectivity index (χ1v) is 8.58. The monoisotopic (exact) mass is 347 g/mol. The number of hydrogen-bond acceptors (Lipinski definition) is 3. The molecule has 1 aliphatic heterocycles. The second kappa shape index (κ2) is 6.41. The van der Waals surface area contributed by atoms with E-state index in [0.29, 0.717) is 9.34 Å². The molecule has 2 nitrogen and oxygen atoms in total. The molecule has 1 amide bonds. The number of carbonyl (C=O) groups is 1. The van der Waals surface area contributed by atoms with Crippen LogP contribution < -0.4 is 0 Å². The molecule has 2 aromatic rings. The highest BCUT2D eigenvalue weighted by molar-refractivity contribution is 8.24. The Balaban J connectivity index is 2.09. The van der Waals surface area contributed by atoms with Crippen molar-refractivity contribution in [3.63, 3.8) is 0 Å². The van der Waals surface area contributed by atoms with E-state index in [2.05, 4.69) is 0 Å². The van der Waals surface area contributed by atoms with Gasteiger partial charge >= 0.3 is 0 Å². The summed E-state index contributed by atoms with van der Waals surface area (Å²) in [6.45, 7) is 1.89. The van der Waals surface area contributed by atoms with Gasteiger partial charge in [0.1, 0.15) is 4.32 Å². The number of halogens is 1. The molecule has 0 spiro atoms. The quantitative estimate of drug-likeness (QED) is 0.752. The lowest BCUT2D eigenvalue weighted by Gasteiger charge is -2.28. The van der Waals surface area contributed by atoms with Crippen LogP contribution in [0.4, 0.5) is 0 Å². The van der Waals surface area contributed by atoms with Crippen LogP contribution in [-0.4, -0.2) is 20.4 Å². The normalized spacial score (nSPS) is 19.5. The molecule has 1 fully saturated rings. The summed E-state index contributed by atoms with van der Waals surface area (Å²) in [4.78, 5) is 14.3. The van der Waals surface area contributed by atoms with Crippen molar-refractivity contribution < 1.29 is 4.79 Å². The minimum absolute atomic E-state index is 0.0544. The summed E-state index contributed by atoms with van der Waals surface area (Å²) in [6.07, 6.45) is 0. The maximum absolute atomic E-state index is 12.6. The van der Waals surface area contributed by atoms with Crippen molar-refractivity contribution >= 4 is 45.8 Å². The SMILES string of the molecule is CC1SC(=S)N(C(c2ccccc2)c2ccc(Cl)cc2)C1=O. The molecule has 0 aliphatic carbocycles. The van der Waals surface area contributed by atoms with Gasteiger partial charge in [0.05, 0.1) is 11.3 Å². The largest absolute Gasteiger partial charge is 0.285 e. The molecule has 0 N–H and O–H groups in total. The summed E-state index contributed by atoms with van der Waals surface area (Å²) in [5, 5.41) is 0.541. The fraction of sp³-hybridized carbons (Fsp3) is 0.176. The molecule has 1 heterocycles. The summed E-state index contributed by atoms with van der Waals surface area (Å²) < 4.78 is 0.626. The van der Waals surface area contributed by atoms with E-state index >= 15 is 0 Å². The van der Waals surface area contributed by atoms with E-state index in [9.17, 15) is 4.79 Å². The zero-order valence-electron chi connectivity index (χ0n) is 11.9. The average molecular weight is 348 g/mol. The Morgan fingerprint density at radius 2 is 1.68 bits per heavy atom. The van der Waals surface area contributed by atoms with E-state index in [0.717, 1.165) is 11.1 Å². The summed E-state index contributed by atoms with van der Waals surface area (Å²) in [5.41, 5.74) is 2.04. The van der Waals surface area contributed by atoms with Gasteiger partial charge < -0.3 is 0 Å². The predicted octanol–water partition coefficient (Wildman–Crippen LogP) is 4.68. The molecule has 0 radical (unpaired) electrons. The maximum atomic E-state index is 12.6. The van der Waals surface area contributed by atoms with Crippen LogP contribution in [0, 0.1) is 0 Å². The number of rotatable bonds is 3. The Bertz CT molecular complexity index is 702. The molecule has 0 aromatic heterocycles. The van der Waals surface area contributed by atoms with Gasteiger partial charge in [-0.1, -0.05) is 78.0 Å². The third kappa shape index (κ3) is 2.91. The minimum atomic E-state index is -0.212. The van der Waals surface area contributed by atoms with E-state index < -0.39 is 0 Å². The van der Waals surface area contributed by atoms with Crippen LogP contribution >= 0.6 is 35.6 Å². The number of thiocarbonyl (C=S) groups is 1. The summed E-state index contributed by atoms with van der Waals surface area (Å²) in [7, 11) is 0. The number of carbonyl (C=O) groups excluding carboxylic acids is 1. The fourth-order valence-electron chi connectivity index (χ4n) is 2.55. The summed E-state index contributed by atoms with van der Waals surface area (Å²) >= 11 is 12.9. The molecule has 2 unspecified atom stereocenters. The van der Waals surface area contributed by atoms with Gasteiger partial charge in [-0.25, -0.2) is 0 Å². The van der Waals surface area contributed by atoms with Crippen LogP contribution in [0.3, 0.4) is 0 Å². The molecule has 112 valence electrons. The van der Waals surface area contributed by atoms with Crippen LogP contribution in [0.2, 0.25) is 5.02 Å². The van der Waals surface area contributed by atoms with Crippen molar-refractivity contribution in [1.29, 1.82) is 0 Å². The molecular formula is C17H14ClNOS2. The van der Waals surface area contributed by atoms with Crippen molar-refractivity contribution in [3.05, 3.63) is 70.7 Å². The fourth-order valence-corrected chi connectivity index (χ4v) is 4.13. The number of nitrogens with zero attached hydrogens (tertiary/aromatic N) is 1. The number of amides is 1. The Kier molecular flexibility index (Phi) is 4.52. The topological polar surface area (TPSA) is 20.3 Å². The highest BCUT2D eigenvalue weighted by Crippen LogP contribution is 2.38.